The van der Waals surface area contributed by atoms with Gasteiger partial charge in [0.05, 0.1) is 6.54 Å². The summed E-state index contributed by atoms with van der Waals surface area (Å²) in [6.07, 6.45) is 2.51. The van der Waals surface area contributed by atoms with Crippen molar-refractivity contribution in [3.05, 3.63) is 35.9 Å². The molecule has 2 amide bonds. The zero-order valence-electron chi connectivity index (χ0n) is 13.7. The Bertz CT molecular complexity index is 486. The van der Waals surface area contributed by atoms with E-state index in [0.717, 1.165) is 5.56 Å². The maximum Gasteiger partial charge on any atom is 0.314 e. The highest BCUT2D eigenvalue weighted by Crippen LogP contribution is 2.26. The molecule has 5 heteroatoms. The molecule has 1 aromatic carbocycles. The minimum absolute atomic E-state index is 0.176. The quantitative estimate of drug-likeness (QED) is 0.718. The monoisotopic (exact) mass is 305 g/mol. The van der Waals surface area contributed by atoms with Gasteiger partial charge in [-0.3, -0.25) is 4.90 Å². The Hall–Kier alpha value is -1.59. The number of benzene rings is 1. The number of aliphatic hydroxyl groups is 1. The number of rotatable bonds is 7. The van der Waals surface area contributed by atoms with Crippen LogP contribution >= 0.6 is 0 Å². The van der Waals surface area contributed by atoms with Gasteiger partial charge in [0.1, 0.15) is 5.60 Å². The van der Waals surface area contributed by atoms with E-state index in [0.29, 0.717) is 18.6 Å². The highest BCUT2D eigenvalue weighted by atomic mass is 16.3. The first kappa shape index (κ1) is 16.8. The van der Waals surface area contributed by atoms with Crippen molar-refractivity contribution in [2.45, 2.75) is 44.4 Å². The van der Waals surface area contributed by atoms with Crippen molar-refractivity contribution >= 4 is 6.03 Å². The van der Waals surface area contributed by atoms with Crippen LogP contribution in [0.5, 0.6) is 0 Å². The molecule has 2 rings (SSSR count). The average molecular weight is 305 g/mol. The fraction of sp³-hybridized carbons (Fsp3) is 0.588. The Morgan fingerprint density at radius 1 is 1.36 bits per heavy atom. The first-order chi connectivity index (χ1) is 10.4. The lowest BCUT2D eigenvalue weighted by atomic mass is 9.96. The van der Waals surface area contributed by atoms with Gasteiger partial charge in [0.2, 0.25) is 0 Å². The Kier molecular flexibility index (Phi) is 5.42. The SMILES string of the molecule is CC(CNC(=O)NCC(C)(O)c1ccccc1)N(C)C1CC1. The predicted molar refractivity (Wildman–Crippen MR) is 87.7 cm³/mol. The van der Waals surface area contributed by atoms with Gasteiger partial charge in [-0.25, -0.2) is 4.79 Å². The standard InChI is InChI=1S/C17H27N3O2/c1-13(20(3)15-9-10-15)11-18-16(21)19-12-17(2,22)14-7-5-4-6-8-14/h4-8,13,15,22H,9-12H2,1-3H3,(H2,18,19,21). The lowest BCUT2D eigenvalue weighted by Crippen LogP contribution is -2.47. The highest BCUT2D eigenvalue weighted by Gasteiger charge is 2.29. The van der Waals surface area contributed by atoms with E-state index in [4.69, 9.17) is 0 Å². The number of hydrogen-bond donors (Lipinski definition) is 3. The molecule has 0 aromatic heterocycles. The molecule has 0 radical (unpaired) electrons. The first-order valence-corrected chi connectivity index (χ1v) is 7.91. The molecular formula is C17H27N3O2. The Morgan fingerprint density at radius 2 is 2.00 bits per heavy atom. The van der Waals surface area contributed by atoms with Crippen LogP contribution in [0.4, 0.5) is 4.79 Å². The Morgan fingerprint density at radius 3 is 2.59 bits per heavy atom. The summed E-state index contributed by atoms with van der Waals surface area (Å²) in [6, 6.07) is 10.1. The fourth-order valence-corrected chi connectivity index (χ4v) is 2.44. The van der Waals surface area contributed by atoms with Gasteiger partial charge in [0.25, 0.3) is 0 Å². The van der Waals surface area contributed by atoms with Gasteiger partial charge < -0.3 is 15.7 Å². The van der Waals surface area contributed by atoms with Crippen molar-refractivity contribution < 1.29 is 9.90 Å². The third-order valence-corrected chi connectivity index (χ3v) is 4.36. The second-order valence-corrected chi connectivity index (χ2v) is 6.45. The number of carbonyl (C=O) groups is 1. The molecule has 3 N–H and O–H groups in total. The van der Waals surface area contributed by atoms with Gasteiger partial charge in [-0.2, -0.15) is 0 Å². The van der Waals surface area contributed by atoms with Crippen molar-refractivity contribution in [1.29, 1.82) is 0 Å². The molecule has 2 unspecified atom stereocenters. The molecule has 0 aliphatic heterocycles. The van der Waals surface area contributed by atoms with Crippen molar-refractivity contribution in [3.63, 3.8) is 0 Å². The second kappa shape index (κ2) is 7.11. The summed E-state index contributed by atoms with van der Waals surface area (Å²) in [5, 5.41) is 16.0. The van der Waals surface area contributed by atoms with Gasteiger partial charge in [0.15, 0.2) is 0 Å². The minimum Gasteiger partial charge on any atom is -0.384 e. The van der Waals surface area contributed by atoms with Crippen molar-refractivity contribution in [3.8, 4) is 0 Å². The molecule has 5 nitrogen and oxygen atoms in total. The average Bonchev–Trinajstić information content (AvgIpc) is 3.35. The third-order valence-electron chi connectivity index (χ3n) is 4.36. The van der Waals surface area contributed by atoms with E-state index in [1.54, 1.807) is 6.92 Å². The largest absolute Gasteiger partial charge is 0.384 e. The molecule has 0 bridgehead atoms. The summed E-state index contributed by atoms with van der Waals surface area (Å²) in [5.74, 6) is 0. The summed E-state index contributed by atoms with van der Waals surface area (Å²) >= 11 is 0. The molecule has 1 aliphatic rings. The Labute approximate surface area is 132 Å². The van der Waals surface area contributed by atoms with Gasteiger partial charge in [0, 0.05) is 18.6 Å². The number of amides is 2. The fourth-order valence-electron chi connectivity index (χ4n) is 2.44. The summed E-state index contributed by atoms with van der Waals surface area (Å²) in [5.41, 5.74) is -0.285. The molecule has 1 aliphatic carbocycles. The van der Waals surface area contributed by atoms with Crippen molar-refractivity contribution in [2.75, 3.05) is 20.1 Å². The number of hydrogen-bond acceptors (Lipinski definition) is 3. The predicted octanol–water partition coefficient (Wildman–Crippen LogP) is 1.68. The topological polar surface area (TPSA) is 64.6 Å². The summed E-state index contributed by atoms with van der Waals surface area (Å²) < 4.78 is 0. The summed E-state index contributed by atoms with van der Waals surface area (Å²) in [6.45, 7) is 4.59. The zero-order valence-corrected chi connectivity index (χ0v) is 13.7. The number of carbonyl (C=O) groups excluding carboxylic acids is 1. The highest BCUT2D eigenvalue weighted by molar-refractivity contribution is 5.73. The first-order valence-electron chi connectivity index (χ1n) is 7.91. The molecule has 1 aromatic rings. The van der Waals surface area contributed by atoms with Crippen LogP contribution in [0.25, 0.3) is 0 Å². The molecule has 2 atom stereocenters. The van der Waals surface area contributed by atoms with E-state index in [9.17, 15) is 9.90 Å². The van der Waals surface area contributed by atoms with Crippen LogP contribution in [-0.4, -0.2) is 48.3 Å². The van der Waals surface area contributed by atoms with Crippen molar-refractivity contribution in [2.24, 2.45) is 0 Å². The van der Waals surface area contributed by atoms with E-state index in [2.05, 4.69) is 29.5 Å². The Balaban J connectivity index is 1.73. The number of nitrogens with one attached hydrogen (secondary N) is 2. The molecule has 122 valence electrons. The van der Waals surface area contributed by atoms with Gasteiger partial charge >= 0.3 is 6.03 Å². The van der Waals surface area contributed by atoms with Crippen LogP contribution in [0, 0.1) is 0 Å². The summed E-state index contributed by atoms with van der Waals surface area (Å²) in [7, 11) is 2.10. The smallest absolute Gasteiger partial charge is 0.314 e. The van der Waals surface area contributed by atoms with E-state index in [1.807, 2.05) is 30.3 Å². The molecule has 0 heterocycles. The van der Waals surface area contributed by atoms with Crippen LogP contribution < -0.4 is 10.6 Å². The van der Waals surface area contributed by atoms with E-state index in [-0.39, 0.29) is 12.6 Å². The van der Waals surface area contributed by atoms with Gasteiger partial charge in [-0.15, -0.1) is 0 Å². The van der Waals surface area contributed by atoms with E-state index in [1.165, 1.54) is 12.8 Å². The van der Waals surface area contributed by atoms with Crippen LogP contribution in [0.3, 0.4) is 0 Å². The maximum atomic E-state index is 11.9. The van der Waals surface area contributed by atoms with Crippen LogP contribution in [-0.2, 0) is 5.60 Å². The van der Waals surface area contributed by atoms with Gasteiger partial charge in [-0.1, -0.05) is 30.3 Å². The van der Waals surface area contributed by atoms with Crippen molar-refractivity contribution in [1.82, 2.24) is 15.5 Å². The molecule has 0 saturated heterocycles. The number of urea groups is 1. The van der Waals surface area contributed by atoms with Crippen LogP contribution in [0.2, 0.25) is 0 Å². The van der Waals surface area contributed by atoms with Crippen LogP contribution in [0.15, 0.2) is 30.3 Å². The number of nitrogens with zero attached hydrogens (tertiary/aromatic N) is 1. The third kappa shape index (κ3) is 4.71. The zero-order chi connectivity index (χ0) is 16.2. The minimum atomic E-state index is -1.07. The van der Waals surface area contributed by atoms with Crippen LogP contribution in [0.1, 0.15) is 32.3 Å². The summed E-state index contributed by atoms with van der Waals surface area (Å²) in [4.78, 5) is 14.2. The molecular weight excluding hydrogens is 278 g/mol. The second-order valence-electron chi connectivity index (χ2n) is 6.45. The number of likely N-dealkylation sites (N-methyl/N-ethyl adjacent to an activating group) is 1. The van der Waals surface area contributed by atoms with E-state index < -0.39 is 5.60 Å². The lowest BCUT2D eigenvalue weighted by Gasteiger charge is -2.26. The maximum absolute atomic E-state index is 11.9. The molecule has 1 fully saturated rings. The molecule has 0 spiro atoms. The molecule has 1 saturated carbocycles. The lowest BCUT2D eigenvalue weighted by molar-refractivity contribution is 0.0593. The van der Waals surface area contributed by atoms with Gasteiger partial charge in [-0.05, 0) is 39.3 Å². The molecule has 22 heavy (non-hydrogen) atoms. The van der Waals surface area contributed by atoms with E-state index >= 15 is 0 Å². The normalized spacial score (nSPS) is 18.6.